The van der Waals surface area contributed by atoms with Gasteiger partial charge in [0.25, 0.3) is 5.91 Å². The van der Waals surface area contributed by atoms with Crippen LogP contribution < -0.4 is 11.1 Å². The molecule has 1 aliphatic rings. The lowest BCUT2D eigenvalue weighted by molar-refractivity contribution is 0.102. The number of likely N-dealkylation sites (tertiary alicyclic amines) is 1. The van der Waals surface area contributed by atoms with Gasteiger partial charge in [-0.2, -0.15) is 0 Å². The van der Waals surface area contributed by atoms with E-state index in [2.05, 4.69) is 20.2 Å². The lowest BCUT2D eigenvalue weighted by Gasteiger charge is -2.25. The molecule has 0 aromatic carbocycles. The van der Waals surface area contributed by atoms with Gasteiger partial charge in [-0.15, -0.1) is 47.5 Å². The molecule has 3 heterocycles. The molecule has 134 valence electrons. The van der Waals surface area contributed by atoms with Gasteiger partial charge >= 0.3 is 0 Å². The second-order valence-electron chi connectivity index (χ2n) is 5.27. The number of anilines is 1. The molecule has 0 radical (unpaired) electrons. The van der Waals surface area contributed by atoms with Crippen LogP contribution in [0.4, 0.5) is 5.13 Å². The van der Waals surface area contributed by atoms with Crippen LogP contribution in [0.3, 0.4) is 0 Å². The predicted octanol–water partition coefficient (Wildman–Crippen LogP) is 3.14. The highest BCUT2D eigenvalue weighted by atomic mass is 35.5. The van der Waals surface area contributed by atoms with Gasteiger partial charge in [0.2, 0.25) is 0 Å². The summed E-state index contributed by atoms with van der Waals surface area (Å²) in [6, 6.07) is 0. The number of nitrogens with two attached hydrogens (primary N) is 1. The molecule has 2 aromatic heterocycles. The highest BCUT2D eigenvalue weighted by molar-refractivity contribution is 7.14. The van der Waals surface area contributed by atoms with Crippen LogP contribution >= 0.6 is 47.5 Å². The van der Waals surface area contributed by atoms with Crippen LogP contribution in [0.15, 0.2) is 10.8 Å². The second-order valence-corrected chi connectivity index (χ2v) is 7.07. The molecule has 0 atom stereocenters. The summed E-state index contributed by atoms with van der Waals surface area (Å²) < 4.78 is 0. The molecule has 24 heavy (non-hydrogen) atoms. The molecule has 6 nitrogen and oxygen atoms in total. The molecule has 3 rings (SSSR count). The molecule has 2 aromatic rings. The number of piperidine rings is 1. The van der Waals surface area contributed by atoms with Crippen molar-refractivity contribution in [3.05, 3.63) is 27.2 Å². The van der Waals surface area contributed by atoms with E-state index in [1.807, 2.05) is 5.38 Å². The minimum atomic E-state index is -0.227. The Kier molecular flexibility index (Phi) is 9.11. The van der Waals surface area contributed by atoms with E-state index >= 15 is 0 Å². The average Bonchev–Trinajstić information content (AvgIpc) is 3.17. The molecule has 0 aliphatic carbocycles. The molecule has 0 unspecified atom stereocenters. The highest BCUT2D eigenvalue weighted by Crippen LogP contribution is 2.20. The maximum Gasteiger partial charge on any atom is 0.276 e. The van der Waals surface area contributed by atoms with Gasteiger partial charge in [0.1, 0.15) is 10.7 Å². The zero-order chi connectivity index (χ0) is 15.4. The molecule has 10 heteroatoms. The summed E-state index contributed by atoms with van der Waals surface area (Å²) in [5.74, 6) is -0.227. The maximum absolute atomic E-state index is 12.1. The number of nitrogens with one attached hydrogen (secondary N) is 1. The summed E-state index contributed by atoms with van der Waals surface area (Å²) in [7, 11) is 0. The highest BCUT2D eigenvalue weighted by Gasteiger charge is 2.15. The Morgan fingerprint density at radius 3 is 2.58 bits per heavy atom. The van der Waals surface area contributed by atoms with Crippen LogP contribution in [-0.2, 0) is 13.1 Å². The van der Waals surface area contributed by atoms with Crippen molar-refractivity contribution in [1.29, 1.82) is 0 Å². The van der Waals surface area contributed by atoms with Crippen molar-refractivity contribution in [1.82, 2.24) is 14.9 Å². The minimum Gasteiger partial charge on any atom is -0.325 e. The van der Waals surface area contributed by atoms with Crippen LogP contribution in [0.2, 0.25) is 0 Å². The van der Waals surface area contributed by atoms with Crippen molar-refractivity contribution in [2.24, 2.45) is 5.73 Å². The van der Waals surface area contributed by atoms with Gasteiger partial charge in [-0.25, -0.2) is 9.97 Å². The van der Waals surface area contributed by atoms with E-state index < -0.39 is 0 Å². The van der Waals surface area contributed by atoms with Gasteiger partial charge in [-0.1, -0.05) is 6.42 Å². The normalized spacial score (nSPS) is 14.5. The van der Waals surface area contributed by atoms with Gasteiger partial charge in [-0.05, 0) is 25.9 Å². The molecule has 1 saturated heterocycles. The number of carbonyl (C=O) groups is 1. The van der Waals surface area contributed by atoms with Crippen LogP contribution in [0, 0.1) is 0 Å². The Labute approximate surface area is 161 Å². The number of carbonyl (C=O) groups excluding carboxylic acids is 1. The molecule has 0 bridgehead atoms. The fourth-order valence-corrected chi connectivity index (χ4v) is 3.80. The number of aromatic nitrogens is 2. The third-order valence-electron chi connectivity index (χ3n) is 3.57. The number of thiazole rings is 2. The van der Waals surface area contributed by atoms with Crippen LogP contribution in [0.25, 0.3) is 0 Å². The number of halogens is 2. The molecular formula is C14H21Cl2N5OS2. The van der Waals surface area contributed by atoms with Gasteiger partial charge < -0.3 is 5.73 Å². The Bertz CT molecular complexity index is 643. The standard InChI is InChI=1S/C14H19N5OS2.2ClH/c15-6-12-17-11(9-21-12)13(20)18-14-16-10(8-22-14)7-19-4-2-1-3-5-19;;/h8-9H,1-7,15H2,(H,16,18,20);2*1H. The van der Waals surface area contributed by atoms with Crippen LogP contribution in [0.1, 0.15) is 40.5 Å². The first kappa shape index (κ1) is 21.3. The summed E-state index contributed by atoms with van der Waals surface area (Å²) in [5.41, 5.74) is 6.93. The van der Waals surface area contributed by atoms with E-state index in [9.17, 15) is 4.79 Å². The van der Waals surface area contributed by atoms with Crippen molar-refractivity contribution in [3.63, 3.8) is 0 Å². The maximum atomic E-state index is 12.1. The SMILES string of the molecule is Cl.Cl.NCc1nc(C(=O)Nc2nc(CN3CCCCC3)cs2)cs1. The van der Waals surface area contributed by atoms with Crippen molar-refractivity contribution >= 4 is 58.5 Å². The monoisotopic (exact) mass is 409 g/mol. The van der Waals surface area contributed by atoms with Crippen molar-refractivity contribution < 1.29 is 4.79 Å². The molecule has 1 amide bonds. The van der Waals surface area contributed by atoms with Crippen LogP contribution in [-0.4, -0.2) is 33.9 Å². The predicted molar refractivity (Wildman–Crippen MR) is 104 cm³/mol. The van der Waals surface area contributed by atoms with Gasteiger partial charge in [0.05, 0.1) is 5.69 Å². The largest absolute Gasteiger partial charge is 0.325 e. The first-order valence-corrected chi connectivity index (χ1v) is 9.13. The molecular weight excluding hydrogens is 389 g/mol. The number of amides is 1. The number of hydrogen-bond donors (Lipinski definition) is 2. The summed E-state index contributed by atoms with van der Waals surface area (Å²) >= 11 is 2.85. The van der Waals surface area contributed by atoms with E-state index in [0.29, 0.717) is 17.4 Å². The van der Waals surface area contributed by atoms with Gasteiger partial charge in [0.15, 0.2) is 5.13 Å². The second kappa shape index (κ2) is 10.3. The van der Waals surface area contributed by atoms with Crippen molar-refractivity contribution in [2.45, 2.75) is 32.4 Å². The Morgan fingerprint density at radius 1 is 1.17 bits per heavy atom. The zero-order valence-corrected chi connectivity index (χ0v) is 16.3. The number of nitrogens with zero attached hydrogens (tertiary/aromatic N) is 3. The summed E-state index contributed by atoms with van der Waals surface area (Å²) in [5, 5.41) is 7.92. The van der Waals surface area contributed by atoms with E-state index in [1.165, 1.54) is 41.9 Å². The van der Waals surface area contributed by atoms with E-state index in [0.717, 1.165) is 30.3 Å². The van der Waals surface area contributed by atoms with Crippen LogP contribution in [0.5, 0.6) is 0 Å². The summed E-state index contributed by atoms with van der Waals surface area (Å²) in [6.45, 7) is 3.50. The number of hydrogen-bond acceptors (Lipinski definition) is 7. The Balaban J connectivity index is 0.00000144. The average molecular weight is 410 g/mol. The van der Waals surface area contributed by atoms with Gasteiger partial charge in [0, 0.05) is 23.8 Å². The van der Waals surface area contributed by atoms with E-state index in [-0.39, 0.29) is 30.7 Å². The lowest BCUT2D eigenvalue weighted by Crippen LogP contribution is -2.29. The van der Waals surface area contributed by atoms with E-state index in [1.54, 1.807) is 5.38 Å². The van der Waals surface area contributed by atoms with Gasteiger partial charge in [-0.3, -0.25) is 15.0 Å². The number of rotatable bonds is 5. The summed E-state index contributed by atoms with van der Waals surface area (Å²) in [4.78, 5) is 23.2. The third kappa shape index (κ3) is 5.65. The molecule has 0 saturated carbocycles. The fraction of sp³-hybridized carbons (Fsp3) is 0.500. The summed E-state index contributed by atoms with van der Waals surface area (Å²) in [6.07, 6.45) is 3.86. The molecule has 0 spiro atoms. The Hall–Kier alpha value is -0.770. The molecule has 1 fully saturated rings. The minimum absolute atomic E-state index is 0. The van der Waals surface area contributed by atoms with E-state index in [4.69, 9.17) is 5.73 Å². The topological polar surface area (TPSA) is 84.1 Å². The smallest absolute Gasteiger partial charge is 0.276 e. The molecule has 3 N–H and O–H groups in total. The first-order valence-electron chi connectivity index (χ1n) is 7.37. The Morgan fingerprint density at radius 2 is 1.92 bits per heavy atom. The molecule has 1 aliphatic heterocycles. The van der Waals surface area contributed by atoms with Crippen molar-refractivity contribution in [3.8, 4) is 0 Å². The fourth-order valence-electron chi connectivity index (χ4n) is 2.45. The zero-order valence-electron chi connectivity index (χ0n) is 13.1. The van der Waals surface area contributed by atoms with Crippen molar-refractivity contribution in [2.75, 3.05) is 18.4 Å². The third-order valence-corrected chi connectivity index (χ3v) is 5.24. The quantitative estimate of drug-likeness (QED) is 0.791. The first-order chi connectivity index (χ1) is 10.7. The lowest BCUT2D eigenvalue weighted by atomic mass is 10.1.